The molecule has 8 heteroatoms. The molecule has 2 aromatic carbocycles. The lowest BCUT2D eigenvalue weighted by Crippen LogP contribution is -2.60. The molecule has 1 saturated heterocycles. The molecule has 2 amide bonds. The highest BCUT2D eigenvalue weighted by atomic mass is 16.5. The van der Waals surface area contributed by atoms with Crippen molar-refractivity contribution in [3.63, 3.8) is 0 Å². The molecule has 2 aliphatic carbocycles. The van der Waals surface area contributed by atoms with Crippen molar-refractivity contribution in [1.82, 2.24) is 10.2 Å². The molecule has 3 aliphatic rings. The van der Waals surface area contributed by atoms with Crippen molar-refractivity contribution in [3.8, 4) is 11.1 Å². The van der Waals surface area contributed by atoms with Gasteiger partial charge in [-0.1, -0.05) is 55.0 Å². The third kappa shape index (κ3) is 3.92. The minimum atomic E-state index is -1.08. The number of amides is 2. The molecule has 5 rings (SSSR count). The lowest BCUT2D eigenvalue weighted by Gasteiger charge is -2.45. The first-order chi connectivity index (χ1) is 16.5. The van der Waals surface area contributed by atoms with Crippen LogP contribution in [0.1, 0.15) is 36.3 Å². The van der Waals surface area contributed by atoms with Gasteiger partial charge in [0.25, 0.3) is 0 Å². The normalized spacial score (nSPS) is 20.6. The summed E-state index contributed by atoms with van der Waals surface area (Å²) in [6, 6.07) is 15.3. The topological polar surface area (TPSA) is 105 Å². The van der Waals surface area contributed by atoms with Gasteiger partial charge in [0, 0.05) is 19.0 Å². The average molecular weight is 465 g/mol. The second-order valence-electron chi connectivity index (χ2n) is 9.24. The Morgan fingerprint density at radius 2 is 1.71 bits per heavy atom. The van der Waals surface area contributed by atoms with Crippen molar-refractivity contribution in [2.45, 2.75) is 31.2 Å². The first-order valence-corrected chi connectivity index (χ1v) is 11.7. The van der Waals surface area contributed by atoms with E-state index in [-0.39, 0.29) is 38.1 Å². The zero-order valence-electron chi connectivity index (χ0n) is 18.9. The van der Waals surface area contributed by atoms with Crippen LogP contribution in [0.4, 0.5) is 4.79 Å². The minimum Gasteiger partial charge on any atom is -0.480 e. The number of carbonyl (C=O) groups is 3. The molecule has 2 N–H and O–H groups in total. The van der Waals surface area contributed by atoms with Crippen LogP contribution in [0.5, 0.6) is 0 Å². The Kier molecular flexibility index (Phi) is 6.00. The summed E-state index contributed by atoms with van der Waals surface area (Å²) in [5, 5.41) is 12.3. The fourth-order valence-corrected chi connectivity index (χ4v) is 5.32. The van der Waals surface area contributed by atoms with E-state index in [2.05, 4.69) is 29.6 Å². The predicted molar refractivity (Wildman–Crippen MR) is 123 cm³/mol. The van der Waals surface area contributed by atoms with Crippen LogP contribution in [0.3, 0.4) is 0 Å². The highest BCUT2D eigenvalue weighted by Crippen LogP contribution is 2.45. The Morgan fingerprint density at radius 3 is 2.29 bits per heavy atom. The van der Waals surface area contributed by atoms with Gasteiger partial charge < -0.3 is 24.8 Å². The zero-order valence-corrected chi connectivity index (χ0v) is 18.9. The van der Waals surface area contributed by atoms with Crippen molar-refractivity contribution in [1.29, 1.82) is 0 Å². The first kappa shape index (κ1) is 22.4. The number of rotatable bonds is 6. The molecule has 178 valence electrons. The number of carbonyl (C=O) groups excluding carboxylic acids is 2. The highest BCUT2D eigenvalue weighted by molar-refractivity contribution is 5.89. The van der Waals surface area contributed by atoms with E-state index in [1.807, 2.05) is 24.3 Å². The number of ether oxygens (including phenoxy) is 2. The molecule has 1 unspecified atom stereocenters. The van der Waals surface area contributed by atoms with Crippen LogP contribution in [0.25, 0.3) is 11.1 Å². The second-order valence-corrected chi connectivity index (χ2v) is 9.24. The molecule has 0 bridgehead atoms. The minimum absolute atomic E-state index is 0.0169. The van der Waals surface area contributed by atoms with Gasteiger partial charge in [0.05, 0.1) is 18.6 Å². The van der Waals surface area contributed by atoms with E-state index in [0.29, 0.717) is 19.4 Å². The SMILES string of the molecule is O=C(NCC1(C(=O)N2CCOCC2C(=O)O)CCC1)OCC1c2ccccc2-c2ccccc21. The molecule has 1 atom stereocenters. The zero-order chi connectivity index (χ0) is 23.7. The van der Waals surface area contributed by atoms with E-state index in [1.54, 1.807) is 0 Å². The van der Waals surface area contributed by atoms with Gasteiger partial charge in [-0.15, -0.1) is 0 Å². The van der Waals surface area contributed by atoms with Crippen molar-refractivity contribution < 1.29 is 29.0 Å². The third-order valence-corrected chi connectivity index (χ3v) is 7.35. The predicted octanol–water partition coefficient (Wildman–Crippen LogP) is 3.01. The summed E-state index contributed by atoms with van der Waals surface area (Å²) in [4.78, 5) is 38.9. The molecule has 1 heterocycles. The fraction of sp³-hybridized carbons (Fsp3) is 0.423. The maximum Gasteiger partial charge on any atom is 0.407 e. The molecular formula is C26H28N2O6. The Bertz CT molecular complexity index is 1070. The third-order valence-electron chi connectivity index (χ3n) is 7.35. The van der Waals surface area contributed by atoms with E-state index >= 15 is 0 Å². The molecule has 0 aromatic heterocycles. The quantitative estimate of drug-likeness (QED) is 0.681. The number of carboxylic acid groups (broad SMARTS) is 1. The summed E-state index contributed by atoms with van der Waals surface area (Å²) in [6.45, 7) is 0.864. The Morgan fingerprint density at radius 1 is 1.06 bits per heavy atom. The van der Waals surface area contributed by atoms with Crippen molar-refractivity contribution >= 4 is 18.0 Å². The Labute approximate surface area is 197 Å². The van der Waals surface area contributed by atoms with Crippen LogP contribution in [-0.2, 0) is 19.1 Å². The number of nitrogens with one attached hydrogen (secondary N) is 1. The molecule has 2 fully saturated rings. The molecule has 8 nitrogen and oxygen atoms in total. The maximum atomic E-state index is 13.3. The summed E-state index contributed by atoms with van der Waals surface area (Å²) in [5.41, 5.74) is 3.80. The summed E-state index contributed by atoms with van der Waals surface area (Å²) in [6.07, 6.45) is 1.51. The van der Waals surface area contributed by atoms with Crippen LogP contribution in [0.2, 0.25) is 0 Å². The largest absolute Gasteiger partial charge is 0.480 e. The number of nitrogens with zero attached hydrogens (tertiary/aromatic N) is 1. The number of fused-ring (bicyclic) bond motifs is 3. The van der Waals surface area contributed by atoms with Crippen molar-refractivity contribution in [2.75, 3.05) is 32.9 Å². The number of aliphatic carboxylic acids is 1. The van der Waals surface area contributed by atoms with Gasteiger partial charge >= 0.3 is 12.1 Å². The number of hydrogen-bond donors (Lipinski definition) is 2. The number of morpholine rings is 1. The molecule has 1 saturated carbocycles. The summed E-state index contributed by atoms with van der Waals surface area (Å²) >= 11 is 0. The van der Waals surface area contributed by atoms with Gasteiger partial charge in [0.2, 0.25) is 5.91 Å². The maximum absolute atomic E-state index is 13.3. The van der Waals surface area contributed by atoms with Crippen molar-refractivity contribution in [2.24, 2.45) is 5.41 Å². The van der Waals surface area contributed by atoms with Crippen LogP contribution >= 0.6 is 0 Å². The number of benzene rings is 2. The van der Waals surface area contributed by atoms with Crippen LogP contribution in [0.15, 0.2) is 48.5 Å². The average Bonchev–Trinajstić information content (AvgIpc) is 3.15. The monoisotopic (exact) mass is 464 g/mol. The van der Waals surface area contributed by atoms with E-state index in [4.69, 9.17) is 9.47 Å². The van der Waals surface area contributed by atoms with Crippen molar-refractivity contribution in [3.05, 3.63) is 59.7 Å². The Balaban J connectivity index is 1.22. The van der Waals surface area contributed by atoms with E-state index in [0.717, 1.165) is 28.7 Å². The number of carboxylic acids is 1. The van der Waals surface area contributed by atoms with E-state index in [9.17, 15) is 19.5 Å². The molecular weight excluding hydrogens is 436 g/mol. The van der Waals surface area contributed by atoms with Gasteiger partial charge in [-0.05, 0) is 35.1 Å². The first-order valence-electron chi connectivity index (χ1n) is 11.7. The number of hydrogen-bond acceptors (Lipinski definition) is 5. The summed E-state index contributed by atoms with van der Waals surface area (Å²) < 4.78 is 10.9. The molecule has 2 aromatic rings. The van der Waals surface area contributed by atoms with Gasteiger partial charge in [-0.3, -0.25) is 4.79 Å². The van der Waals surface area contributed by atoms with Gasteiger partial charge in [-0.2, -0.15) is 0 Å². The molecule has 34 heavy (non-hydrogen) atoms. The Hall–Kier alpha value is -3.39. The lowest BCUT2D eigenvalue weighted by molar-refractivity contribution is -0.166. The van der Waals surface area contributed by atoms with Gasteiger partial charge in [0.1, 0.15) is 6.61 Å². The standard InChI is InChI=1S/C26H28N2O6/c29-23(30)22-15-33-13-12-28(22)24(31)26(10-5-11-26)16-27-25(32)34-14-21-19-8-3-1-6-17(19)18-7-2-4-9-20(18)21/h1-4,6-9,21-22H,5,10-16H2,(H,27,32)(H,29,30). The smallest absolute Gasteiger partial charge is 0.407 e. The molecule has 1 aliphatic heterocycles. The van der Waals surface area contributed by atoms with Gasteiger partial charge in [0.15, 0.2) is 6.04 Å². The van der Waals surface area contributed by atoms with Crippen LogP contribution in [0, 0.1) is 5.41 Å². The number of alkyl carbamates (subject to hydrolysis) is 1. The second kappa shape index (κ2) is 9.10. The summed E-state index contributed by atoms with van der Waals surface area (Å²) in [7, 11) is 0. The lowest BCUT2D eigenvalue weighted by atomic mass is 9.67. The summed E-state index contributed by atoms with van der Waals surface area (Å²) in [5.74, 6) is -1.34. The van der Waals surface area contributed by atoms with Gasteiger partial charge in [-0.25, -0.2) is 9.59 Å². The van der Waals surface area contributed by atoms with E-state index in [1.165, 1.54) is 4.90 Å². The van der Waals surface area contributed by atoms with E-state index < -0.39 is 23.5 Å². The molecule has 0 spiro atoms. The van der Waals surface area contributed by atoms with Crippen LogP contribution < -0.4 is 5.32 Å². The highest BCUT2D eigenvalue weighted by Gasteiger charge is 2.49. The fourth-order valence-electron chi connectivity index (χ4n) is 5.32. The van der Waals surface area contributed by atoms with Crippen LogP contribution in [-0.4, -0.2) is 66.9 Å². The molecule has 0 radical (unpaired) electrons.